The van der Waals surface area contributed by atoms with E-state index in [2.05, 4.69) is 0 Å². The summed E-state index contributed by atoms with van der Waals surface area (Å²) in [5.41, 5.74) is 2.76. The van der Waals surface area contributed by atoms with E-state index in [9.17, 15) is 34.8 Å². The summed E-state index contributed by atoms with van der Waals surface area (Å²) in [6.07, 6.45) is -3.03. The quantitative estimate of drug-likeness (QED) is 0.345. The Hall–Kier alpha value is -3.27. The van der Waals surface area contributed by atoms with Crippen molar-refractivity contribution in [1.82, 2.24) is 0 Å². The fourth-order valence-corrected chi connectivity index (χ4v) is 8.72. The number of phenolic OH excluding ortho intramolecular Hbond substituents is 1. The largest absolute Gasteiger partial charge is 0.507 e. The molecule has 0 bridgehead atoms. The maximum Gasteiger partial charge on any atom is 0.230 e. The number of ether oxygens (including phenoxy) is 1. The van der Waals surface area contributed by atoms with Crippen LogP contribution >= 0.6 is 0 Å². The normalized spacial score (nSPS) is 36.4. The summed E-state index contributed by atoms with van der Waals surface area (Å²) in [6.45, 7) is 9.48. The molecule has 2 aromatic carbocycles. The molecular weight excluding hydrogens is 526 g/mol. The lowest BCUT2D eigenvalue weighted by Crippen LogP contribution is -2.79. The van der Waals surface area contributed by atoms with Crippen LogP contribution in [0, 0.1) is 34.5 Å². The molecule has 1 amide bonds. The Morgan fingerprint density at radius 3 is 2.44 bits per heavy atom. The van der Waals surface area contributed by atoms with Gasteiger partial charge in [-0.1, -0.05) is 45.9 Å². The summed E-state index contributed by atoms with van der Waals surface area (Å²) in [6, 6.07) is 10.6. The molecule has 0 aliphatic heterocycles. The van der Waals surface area contributed by atoms with Gasteiger partial charge in [0, 0.05) is 5.41 Å². The number of ketones is 2. The zero-order valence-electron chi connectivity index (χ0n) is 24.0. The summed E-state index contributed by atoms with van der Waals surface area (Å²) in [4.78, 5) is 40.4. The lowest BCUT2D eigenvalue weighted by Gasteiger charge is -2.66. The predicted octanol–water partition coefficient (Wildman–Crippen LogP) is 2.64. The SMILES string of the molecule is CCOc1cccc(-c2ccc(O)c3c2C[C@]2(C)C[C@]4(C)[C@@H](C(C)C)C(O)[C@@H](C(N)=O)C(=O)[C@]4(O)C(O)[C@H]2C3=O)c1. The van der Waals surface area contributed by atoms with Gasteiger partial charge in [0.25, 0.3) is 0 Å². The highest BCUT2D eigenvalue weighted by molar-refractivity contribution is 6.09. The summed E-state index contributed by atoms with van der Waals surface area (Å²) < 4.78 is 5.67. The van der Waals surface area contributed by atoms with Crippen LogP contribution in [0.5, 0.6) is 11.5 Å². The number of amides is 1. The highest BCUT2D eigenvalue weighted by atomic mass is 16.5. The zero-order chi connectivity index (χ0) is 30.2. The van der Waals surface area contributed by atoms with Crippen LogP contribution in [0.25, 0.3) is 11.1 Å². The zero-order valence-corrected chi connectivity index (χ0v) is 24.0. The van der Waals surface area contributed by atoms with E-state index in [-0.39, 0.29) is 30.1 Å². The van der Waals surface area contributed by atoms with Crippen LogP contribution in [-0.2, 0) is 16.0 Å². The van der Waals surface area contributed by atoms with Gasteiger partial charge in [-0.3, -0.25) is 14.4 Å². The minimum absolute atomic E-state index is 0.0354. The second kappa shape index (κ2) is 9.64. The molecule has 2 saturated carbocycles. The van der Waals surface area contributed by atoms with Crippen molar-refractivity contribution >= 4 is 17.5 Å². The van der Waals surface area contributed by atoms with Crippen molar-refractivity contribution < 1.29 is 39.5 Å². The van der Waals surface area contributed by atoms with E-state index in [1.807, 2.05) is 52.0 Å². The van der Waals surface area contributed by atoms with E-state index in [0.29, 0.717) is 17.9 Å². The molecule has 5 rings (SSSR count). The molecule has 6 N–H and O–H groups in total. The van der Waals surface area contributed by atoms with Crippen molar-refractivity contribution in [2.45, 2.75) is 65.3 Å². The molecular formula is C32H39NO8. The van der Waals surface area contributed by atoms with Gasteiger partial charge >= 0.3 is 0 Å². The molecule has 2 unspecified atom stereocenters. The van der Waals surface area contributed by atoms with Crippen molar-refractivity contribution in [3.63, 3.8) is 0 Å². The number of rotatable bonds is 5. The molecule has 3 aliphatic carbocycles. The number of fused-ring (bicyclic) bond motifs is 3. The second-order valence-electron chi connectivity index (χ2n) is 12.9. The molecule has 9 nitrogen and oxygen atoms in total. The van der Waals surface area contributed by atoms with E-state index < -0.39 is 63.9 Å². The molecule has 9 heteroatoms. The molecule has 8 atom stereocenters. The number of aliphatic hydroxyl groups is 3. The van der Waals surface area contributed by atoms with Gasteiger partial charge in [0.1, 0.15) is 23.5 Å². The Morgan fingerprint density at radius 1 is 1.15 bits per heavy atom. The highest BCUT2D eigenvalue weighted by Crippen LogP contribution is 2.66. The van der Waals surface area contributed by atoms with E-state index in [0.717, 1.165) is 11.1 Å². The van der Waals surface area contributed by atoms with E-state index in [4.69, 9.17) is 10.5 Å². The Morgan fingerprint density at radius 2 is 1.83 bits per heavy atom. The van der Waals surface area contributed by atoms with Crippen molar-refractivity contribution in [2.24, 2.45) is 40.2 Å². The topological polar surface area (TPSA) is 167 Å². The second-order valence-corrected chi connectivity index (χ2v) is 12.9. The fraction of sp³-hybridized carbons (Fsp3) is 0.531. The van der Waals surface area contributed by atoms with Gasteiger partial charge in [-0.2, -0.15) is 0 Å². The van der Waals surface area contributed by atoms with Crippen molar-refractivity contribution in [1.29, 1.82) is 0 Å². The van der Waals surface area contributed by atoms with Crippen LogP contribution in [0.3, 0.4) is 0 Å². The van der Waals surface area contributed by atoms with Crippen molar-refractivity contribution in [3.05, 3.63) is 47.5 Å². The first-order chi connectivity index (χ1) is 19.1. The highest BCUT2D eigenvalue weighted by Gasteiger charge is 2.75. The minimum atomic E-state index is -2.53. The number of aromatic hydroxyl groups is 1. The molecule has 41 heavy (non-hydrogen) atoms. The van der Waals surface area contributed by atoms with Crippen LogP contribution in [0.15, 0.2) is 36.4 Å². The molecule has 0 heterocycles. The smallest absolute Gasteiger partial charge is 0.230 e. The molecule has 0 spiro atoms. The van der Waals surface area contributed by atoms with Crippen LogP contribution in [0.1, 0.15) is 57.0 Å². The summed E-state index contributed by atoms with van der Waals surface area (Å²) in [7, 11) is 0. The van der Waals surface area contributed by atoms with Gasteiger partial charge in [-0.25, -0.2) is 0 Å². The third kappa shape index (κ3) is 3.89. The number of hydrogen-bond acceptors (Lipinski definition) is 8. The van der Waals surface area contributed by atoms with Crippen molar-refractivity contribution in [3.8, 4) is 22.6 Å². The van der Waals surface area contributed by atoms with Crippen molar-refractivity contribution in [2.75, 3.05) is 6.61 Å². The molecule has 0 saturated heterocycles. The first kappa shape index (κ1) is 29.2. The molecule has 2 fully saturated rings. The third-order valence-electron chi connectivity index (χ3n) is 10.1. The van der Waals surface area contributed by atoms with Crippen LogP contribution in [-0.4, -0.2) is 62.3 Å². The lowest BCUT2D eigenvalue weighted by molar-refractivity contribution is -0.265. The predicted molar refractivity (Wildman–Crippen MR) is 150 cm³/mol. The number of benzene rings is 2. The van der Waals surface area contributed by atoms with E-state index in [1.165, 1.54) is 6.07 Å². The van der Waals surface area contributed by atoms with E-state index >= 15 is 0 Å². The Balaban J connectivity index is 1.71. The number of aliphatic hydroxyl groups excluding tert-OH is 2. The Labute approximate surface area is 239 Å². The summed E-state index contributed by atoms with van der Waals surface area (Å²) >= 11 is 0. The van der Waals surface area contributed by atoms with Gasteiger partial charge in [-0.15, -0.1) is 0 Å². The number of carbonyl (C=O) groups excluding carboxylic acids is 3. The number of primary amides is 1. The van der Waals surface area contributed by atoms with Crippen LogP contribution in [0.2, 0.25) is 0 Å². The third-order valence-corrected chi connectivity index (χ3v) is 10.1. The molecule has 2 aromatic rings. The summed E-state index contributed by atoms with van der Waals surface area (Å²) in [5.74, 6) is -6.46. The first-order valence-corrected chi connectivity index (χ1v) is 14.2. The number of phenols is 1. The average molecular weight is 566 g/mol. The lowest BCUT2D eigenvalue weighted by atomic mass is 9.39. The number of nitrogens with two attached hydrogens (primary N) is 1. The maximum absolute atomic E-state index is 14.3. The van der Waals surface area contributed by atoms with Crippen LogP contribution < -0.4 is 10.5 Å². The van der Waals surface area contributed by atoms with E-state index in [1.54, 1.807) is 13.0 Å². The monoisotopic (exact) mass is 565 g/mol. The Bertz CT molecular complexity index is 1440. The Kier molecular flexibility index (Phi) is 6.88. The van der Waals surface area contributed by atoms with Gasteiger partial charge in [0.15, 0.2) is 17.2 Å². The van der Waals surface area contributed by atoms with Gasteiger partial charge < -0.3 is 30.9 Å². The molecule has 0 radical (unpaired) electrons. The number of carbonyl (C=O) groups is 3. The molecule has 220 valence electrons. The van der Waals surface area contributed by atoms with Gasteiger partial charge in [-0.05, 0) is 71.9 Å². The minimum Gasteiger partial charge on any atom is -0.507 e. The average Bonchev–Trinajstić information content (AvgIpc) is 2.86. The first-order valence-electron chi connectivity index (χ1n) is 14.2. The summed E-state index contributed by atoms with van der Waals surface area (Å²) in [5, 5.41) is 46.3. The molecule has 3 aliphatic rings. The fourth-order valence-electron chi connectivity index (χ4n) is 8.72. The van der Waals surface area contributed by atoms with Crippen LogP contribution in [0.4, 0.5) is 0 Å². The number of hydrogen-bond donors (Lipinski definition) is 5. The molecule has 0 aromatic heterocycles. The van der Waals surface area contributed by atoms with Gasteiger partial charge in [0.05, 0.1) is 24.2 Å². The van der Waals surface area contributed by atoms with Gasteiger partial charge in [0.2, 0.25) is 5.91 Å². The maximum atomic E-state index is 14.3. The standard InChI is InChI=1S/C32H39NO8/c1-6-41-17-9-7-8-16(12-17)18-10-11-20(34)21-19(18)13-30(4)14-31(5)23(15(2)3)26(36)22(29(33)39)27(37)32(31,40)28(38)24(30)25(21)35/h7-12,15,22-24,26,28,34,36,38,40H,6,13-14H2,1-5H3,(H2,33,39)/t22-,23+,24-,26?,28?,30-,31-,32+/m1/s1. The number of Topliss-reactive ketones (excluding diaryl/α,β-unsaturated/α-hetero) is 2.